The molecular weight excluding hydrogens is 274 g/mol. The van der Waals surface area contributed by atoms with E-state index in [-0.39, 0.29) is 5.91 Å². The Bertz CT molecular complexity index is 659. The first kappa shape index (κ1) is 12.3. The minimum Gasteiger partial charge on any atom is -0.336 e. The van der Waals surface area contributed by atoms with Crippen molar-refractivity contribution >= 4 is 22.2 Å². The molecule has 2 aromatic rings. The number of hydrogen-bond donors (Lipinski definition) is 0. The van der Waals surface area contributed by atoms with Gasteiger partial charge in [0.1, 0.15) is 0 Å². The quantitative estimate of drug-likeness (QED) is 0.848. The van der Waals surface area contributed by atoms with Crippen LogP contribution in [0.1, 0.15) is 54.2 Å². The molecule has 20 heavy (non-hydrogen) atoms. The van der Waals surface area contributed by atoms with Crippen LogP contribution in [0.15, 0.2) is 0 Å². The molecule has 2 aromatic heterocycles. The average Bonchev–Trinajstić information content (AvgIpc) is 3.07. The highest BCUT2D eigenvalue weighted by molar-refractivity contribution is 7.18. The number of piperidine rings is 1. The second-order valence-corrected chi connectivity index (χ2v) is 6.89. The lowest BCUT2D eigenvalue weighted by Crippen LogP contribution is -2.39. The molecule has 6 nitrogen and oxygen atoms in total. The maximum Gasteiger partial charge on any atom is 0.284 e. The lowest BCUT2D eigenvalue weighted by Gasteiger charge is -2.30. The molecule has 1 aliphatic heterocycles. The Morgan fingerprint density at radius 2 is 2.15 bits per heavy atom. The van der Waals surface area contributed by atoms with E-state index in [0.29, 0.717) is 16.8 Å². The summed E-state index contributed by atoms with van der Waals surface area (Å²) in [6.45, 7) is 3.89. The number of fused-ring (bicyclic) bond motifs is 1. The van der Waals surface area contributed by atoms with Gasteiger partial charge < -0.3 is 4.90 Å². The predicted molar refractivity (Wildman–Crippen MR) is 74.9 cm³/mol. The summed E-state index contributed by atoms with van der Waals surface area (Å²) in [5, 5.41) is 13.3. The van der Waals surface area contributed by atoms with E-state index in [1.165, 1.54) is 17.8 Å². The highest BCUT2D eigenvalue weighted by Crippen LogP contribution is 2.39. The molecule has 0 N–H and O–H groups in total. The fraction of sp³-hybridized carbons (Fsp3) is 0.692. The number of nitrogens with zero attached hydrogens (tertiary/aromatic N) is 5. The number of carbonyl (C=O) groups excluding carboxylic acids is 1. The summed E-state index contributed by atoms with van der Waals surface area (Å²) < 4.78 is 1.77. The Hall–Kier alpha value is -1.50. The van der Waals surface area contributed by atoms with Crippen LogP contribution in [0.5, 0.6) is 0 Å². The zero-order chi connectivity index (χ0) is 13.7. The molecule has 0 spiro atoms. The third-order valence-electron chi connectivity index (χ3n) is 4.08. The molecule has 7 heteroatoms. The monoisotopic (exact) mass is 291 g/mol. The molecular formula is C13H17N5OS. The highest BCUT2D eigenvalue weighted by Gasteiger charge is 2.31. The molecule has 1 amide bonds. The van der Waals surface area contributed by atoms with E-state index in [1.807, 2.05) is 4.90 Å². The predicted octanol–water partition coefficient (Wildman–Crippen LogP) is 1.94. The Kier molecular flexibility index (Phi) is 2.76. The molecule has 1 unspecified atom stereocenters. The first-order chi connectivity index (χ1) is 9.72. The Morgan fingerprint density at radius 1 is 1.30 bits per heavy atom. The zero-order valence-electron chi connectivity index (χ0n) is 11.4. The maximum absolute atomic E-state index is 12.5. The van der Waals surface area contributed by atoms with Gasteiger partial charge in [0.15, 0.2) is 5.82 Å². The van der Waals surface area contributed by atoms with Crippen molar-refractivity contribution in [3.63, 3.8) is 0 Å². The lowest BCUT2D eigenvalue weighted by molar-refractivity contribution is 0.0681. The van der Waals surface area contributed by atoms with Crippen LogP contribution in [-0.4, -0.2) is 43.7 Å². The van der Waals surface area contributed by atoms with Gasteiger partial charge >= 0.3 is 0 Å². The average molecular weight is 291 g/mol. The largest absolute Gasteiger partial charge is 0.336 e. The number of likely N-dealkylation sites (tertiary alicyclic amines) is 1. The van der Waals surface area contributed by atoms with E-state index in [4.69, 9.17) is 0 Å². The Labute approximate surface area is 120 Å². The third-order valence-corrected chi connectivity index (χ3v) is 4.97. The van der Waals surface area contributed by atoms with Crippen molar-refractivity contribution in [1.29, 1.82) is 0 Å². The van der Waals surface area contributed by atoms with Gasteiger partial charge in [-0.05, 0) is 31.6 Å². The van der Waals surface area contributed by atoms with Gasteiger partial charge in [0.2, 0.25) is 9.97 Å². The number of hydrogen-bond acceptors (Lipinski definition) is 5. The second kappa shape index (κ2) is 4.51. The smallest absolute Gasteiger partial charge is 0.284 e. The summed E-state index contributed by atoms with van der Waals surface area (Å²) in [6.07, 6.45) is 4.61. The van der Waals surface area contributed by atoms with Crippen LogP contribution in [0.4, 0.5) is 0 Å². The van der Waals surface area contributed by atoms with Crippen LogP contribution < -0.4 is 0 Å². The van der Waals surface area contributed by atoms with Crippen LogP contribution in [0, 0.1) is 5.92 Å². The van der Waals surface area contributed by atoms with Crippen molar-refractivity contribution in [2.24, 2.45) is 5.92 Å². The molecule has 1 saturated heterocycles. The van der Waals surface area contributed by atoms with Crippen molar-refractivity contribution in [1.82, 2.24) is 24.7 Å². The topological polar surface area (TPSA) is 63.4 Å². The highest BCUT2D eigenvalue weighted by atomic mass is 32.1. The molecule has 4 rings (SSSR count). The minimum atomic E-state index is 0.0498. The van der Waals surface area contributed by atoms with E-state index in [9.17, 15) is 4.79 Å². The van der Waals surface area contributed by atoms with Crippen LogP contribution in [0.25, 0.3) is 4.96 Å². The van der Waals surface area contributed by atoms with Crippen molar-refractivity contribution < 1.29 is 4.79 Å². The lowest BCUT2D eigenvalue weighted by atomic mass is 10.0. The number of amides is 1. The Balaban J connectivity index is 1.62. The second-order valence-electron chi connectivity index (χ2n) is 5.93. The third kappa shape index (κ3) is 2.00. The minimum absolute atomic E-state index is 0.0498. The number of aromatic nitrogens is 4. The van der Waals surface area contributed by atoms with E-state index in [2.05, 4.69) is 22.2 Å². The molecule has 2 aliphatic rings. The normalized spacial score (nSPS) is 23.4. The maximum atomic E-state index is 12.5. The van der Waals surface area contributed by atoms with Crippen LogP contribution >= 0.6 is 11.3 Å². The first-order valence-corrected chi connectivity index (χ1v) is 8.05. The van der Waals surface area contributed by atoms with Crippen LogP contribution in [0.2, 0.25) is 0 Å². The zero-order valence-corrected chi connectivity index (χ0v) is 12.3. The van der Waals surface area contributed by atoms with Crippen LogP contribution in [0.3, 0.4) is 0 Å². The van der Waals surface area contributed by atoms with Gasteiger partial charge in [-0.1, -0.05) is 18.3 Å². The molecule has 0 aromatic carbocycles. The summed E-state index contributed by atoms with van der Waals surface area (Å²) >= 11 is 1.35. The van der Waals surface area contributed by atoms with Crippen molar-refractivity contribution in [3.8, 4) is 0 Å². The van der Waals surface area contributed by atoms with Crippen LogP contribution in [-0.2, 0) is 0 Å². The van der Waals surface area contributed by atoms with Crippen molar-refractivity contribution in [3.05, 3.63) is 10.8 Å². The molecule has 0 bridgehead atoms. The molecule has 1 aliphatic carbocycles. The summed E-state index contributed by atoms with van der Waals surface area (Å²) in [5.41, 5.74) is 0. The number of rotatable bonds is 2. The van der Waals surface area contributed by atoms with E-state index < -0.39 is 0 Å². The number of carbonyl (C=O) groups is 1. The molecule has 0 radical (unpaired) electrons. The fourth-order valence-electron chi connectivity index (χ4n) is 2.82. The van der Waals surface area contributed by atoms with Gasteiger partial charge in [0.25, 0.3) is 5.91 Å². The molecule has 106 valence electrons. The van der Waals surface area contributed by atoms with E-state index in [1.54, 1.807) is 4.52 Å². The fourth-order valence-corrected chi connectivity index (χ4v) is 3.64. The van der Waals surface area contributed by atoms with Crippen molar-refractivity contribution in [2.45, 2.75) is 38.5 Å². The molecule has 2 fully saturated rings. The summed E-state index contributed by atoms with van der Waals surface area (Å²) in [5.74, 6) is 2.04. The SMILES string of the molecule is CC1CCCN(C(=O)c2nn3c(C4CC4)nnc3s2)C1. The molecule has 1 atom stereocenters. The summed E-state index contributed by atoms with van der Waals surface area (Å²) in [6, 6.07) is 0. The van der Waals surface area contributed by atoms with Gasteiger partial charge in [-0.3, -0.25) is 4.79 Å². The standard InChI is InChI=1S/C13H17N5OS/c1-8-3-2-6-17(7-8)12(19)11-16-18-10(9-4-5-9)14-15-13(18)20-11/h8-9H,2-7H2,1H3. The van der Waals surface area contributed by atoms with Gasteiger partial charge in [0, 0.05) is 19.0 Å². The van der Waals surface area contributed by atoms with E-state index >= 15 is 0 Å². The van der Waals surface area contributed by atoms with Gasteiger partial charge in [-0.2, -0.15) is 4.52 Å². The summed E-state index contributed by atoms with van der Waals surface area (Å²) in [4.78, 5) is 15.2. The van der Waals surface area contributed by atoms with Gasteiger partial charge in [-0.25, -0.2) is 0 Å². The summed E-state index contributed by atoms with van der Waals surface area (Å²) in [7, 11) is 0. The molecule has 3 heterocycles. The molecule has 1 saturated carbocycles. The van der Waals surface area contributed by atoms with Gasteiger partial charge in [0.05, 0.1) is 0 Å². The van der Waals surface area contributed by atoms with E-state index in [0.717, 1.165) is 43.1 Å². The van der Waals surface area contributed by atoms with Crippen molar-refractivity contribution in [2.75, 3.05) is 13.1 Å². The first-order valence-electron chi connectivity index (χ1n) is 7.24. The Morgan fingerprint density at radius 3 is 2.90 bits per heavy atom. The van der Waals surface area contributed by atoms with Gasteiger partial charge in [-0.15, -0.1) is 15.3 Å².